The number of hydrogen-bond donors (Lipinski definition) is 1. The quantitative estimate of drug-likeness (QED) is 0.791. The van der Waals surface area contributed by atoms with Crippen molar-refractivity contribution in [2.45, 2.75) is 20.8 Å². The highest BCUT2D eigenvalue weighted by Gasteiger charge is 2.18. The van der Waals surface area contributed by atoms with Gasteiger partial charge in [-0.15, -0.1) is 0 Å². The molecule has 0 spiro atoms. The van der Waals surface area contributed by atoms with Crippen molar-refractivity contribution in [3.05, 3.63) is 48.0 Å². The number of benzene rings is 2. The first-order chi connectivity index (χ1) is 11.7. The fraction of sp³-hybridized carbons (Fsp3) is 0.316. The first-order valence-electron chi connectivity index (χ1n) is 8.12. The zero-order valence-corrected chi connectivity index (χ0v) is 14.3. The number of carbonyl (C=O) groups excluding carboxylic acids is 1. The molecular weight excluding hydrogens is 306 g/mol. The van der Waals surface area contributed by atoms with E-state index in [1.54, 1.807) is 12.1 Å². The molecule has 0 aliphatic heterocycles. The summed E-state index contributed by atoms with van der Waals surface area (Å²) >= 11 is 0. The molecule has 0 bridgehead atoms. The Kier molecular flexibility index (Phi) is 6.49. The van der Waals surface area contributed by atoms with E-state index in [2.05, 4.69) is 5.32 Å². The average Bonchev–Trinajstić information content (AvgIpc) is 2.58. The number of nitrogens with one attached hydrogen (secondary N) is 1. The van der Waals surface area contributed by atoms with Crippen LogP contribution >= 0.6 is 0 Å². The Bertz CT molecular complexity index is 643. The molecule has 24 heavy (non-hydrogen) atoms. The summed E-state index contributed by atoms with van der Waals surface area (Å²) in [5.74, 6) is 1.30. The molecule has 1 N–H and O–H groups in total. The molecule has 0 aromatic heterocycles. The molecule has 0 saturated heterocycles. The minimum Gasteiger partial charge on any atom is -0.490 e. The number of amides is 1. The predicted molar refractivity (Wildman–Crippen MR) is 94.3 cm³/mol. The van der Waals surface area contributed by atoms with Gasteiger partial charge in [-0.3, -0.25) is 4.79 Å². The van der Waals surface area contributed by atoms with E-state index < -0.39 is 0 Å². The second kappa shape index (κ2) is 8.82. The fourth-order valence-corrected chi connectivity index (χ4v) is 2.24. The third kappa shape index (κ3) is 4.41. The second-order valence-corrected chi connectivity index (χ2v) is 4.92. The van der Waals surface area contributed by atoms with Crippen molar-refractivity contribution < 1.29 is 19.0 Å². The highest BCUT2D eigenvalue weighted by molar-refractivity contribution is 6.05. The zero-order valence-electron chi connectivity index (χ0n) is 14.3. The summed E-state index contributed by atoms with van der Waals surface area (Å²) in [4.78, 5) is 12.5. The lowest BCUT2D eigenvalue weighted by atomic mass is 10.1. The molecule has 128 valence electrons. The van der Waals surface area contributed by atoms with Crippen LogP contribution in [0, 0.1) is 0 Å². The largest absolute Gasteiger partial charge is 0.490 e. The molecule has 0 unspecified atom stereocenters. The van der Waals surface area contributed by atoms with Gasteiger partial charge in [0.15, 0.2) is 11.5 Å². The van der Waals surface area contributed by atoms with Crippen LogP contribution in [-0.2, 0) is 0 Å². The molecule has 2 aromatic rings. The van der Waals surface area contributed by atoms with Gasteiger partial charge in [-0.05, 0) is 45.0 Å². The lowest BCUT2D eigenvalue weighted by molar-refractivity contribution is 0.102. The van der Waals surface area contributed by atoms with Crippen LogP contribution in [0.2, 0.25) is 0 Å². The molecule has 0 aliphatic carbocycles. The molecule has 0 aliphatic rings. The third-order valence-corrected chi connectivity index (χ3v) is 3.20. The molecule has 0 atom stereocenters. The Morgan fingerprint density at radius 3 is 1.92 bits per heavy atom. The smallest absolute Gasteiger partial charge is 0.255 e. The van der Waals surface area contributed by atoms with Crippen LogP contribution in [0.4, 0.5) is 5.69 Å². The van der Waals surface area contributed by atoms with E-state index in [1.807, 2.05) is 51.1 Å². The van der Waals surface area contributed by atoms with Crippen LogP contribution in [0.1, 0.15) is 31.1 Å². The minimum atomic E-state index is -0.230. The molecule has 0 fully saturated rings. The van der Waals surface area contributed by atoms with Crippen LogP contribution < -0.4 is 19.5 Å². The molecular formula is C19H23NO4. The zero-order chi connectivity index (χ0) is 17.4. The predicted octanol–water partition coefficient (Wildman–Crippen LogP) is 4.14. The van der Waals surface area contributed by atoms with Gasteiger partial charge in [-0.25, -0.2) is 0 Å². The van der Waals surface area contributed by atoms with Gasteiger partial charge in [0.1, 0.15) is 0 Å². The van der Waals surface area contributed by atoms with E-state index in [1.165, 1.54) is 0 Å². The maximum Gasteiger partial charge on any atom is 0.255 e. The summed E-state index contributed by atoms with van der Waals surface area (Å²) in [5.41, 5.74) is 1.18. The summed E-state index contributed by atoms with van der Waals surface area (Å²) in [7, 11) is 0. The van der Waals surface area contributed by atoms with Crippen molar-refractivity contribution in [1.29, 1.82) is 0 Å². The van der Waals surface area contributed by atoms with Crippen molar-refractivity contribution in [1.82, 2.24) is 0 Å². The standard InChI is InChI=1S/C19H23NO4/c1-4-22-16-12-14(13-17(23-5-2)18(16)24-6-3)19(21)20-15-10-8-7-9-11-15/h7-13H,4-6H2,1-3H3,(H,20,21). The van der Waals surface area contributed by atoms with Gasteiger partial charge in [0.25, 0.3) is 5.91 Å². The van der Waals surface area contributed by atoms with Gasteiger partial charge in [-0.1, -0.05) is 18.2 Å². The van der Waals surface area contributed by atoms with E-state index in [0.717, 1.165) is 5.69 Å². The summed E-state index contributed by atoms with van der Waals surface area (Å²) < 4.78 is 16.9. The molecule has 0 saturated carbocycles. The molecule has 2 rings (SSSR count). The molecule has 1 amide bonds. The lowest BCUT2D eigenvalue weighted by Crippen LogP contribution is -2.13. The maximum absolute atomic E-state index is 12.5. The summed E-state index contributed by atoms with van der Waals surface area (Å²) in [6, 6.07) is 12.6. The molecule has 5 nitrogen and oxygen atoms in total. The highest BCUT2D eigenvalue weighted by atomic mass is 16.5. The summed E-state index contributed by atoms with van der Waals surface area (Å²) in [6.07, 6.45) is 0. The fourth-order valence-electron chi connectivity index (χ4n) is 2.24. The average molecular weight is 329 g/mol. The number of ether oxygens (including phenoxy) is 3. The van der Waals surface area contributed by atoms with Crippen molar-refractivity contribution >= 4 is 11.6 Å². The van der Waals surface area contributed by atoms with Crippen molar-refractivity contribution in [2.75, 3.05) is 25.1 Å². The molecule has 2 aromatic carbocycles. The monoisotopic (exact) mass is 329 g/mol. The lowest BCUT2D eigenvalue weighted by Gasteiger charge is -2.17. The SMILES string of the molecule is CCOc1cc(C(=O)Nc2ccccc2)cc(OCC)c1OCC. The molecule has 0 heterocycles. The van der Waals surface area contributed by atoms with Crippen LogP contribution in [0.25, 0.3) is 0 Å². The molecule has 5 heteroatoms. The number of hydrogen-bond acceptors (Lipinski definition) is 4. The minimum absolute atomic E-state index is 0.230. The topological polar surface area (TPSA) is 56.8 Å². The first-order valence-corrected chi connectivity index (χ1v) is 8.12. The van der Waals surface area contributed by atoms with E-state index in [0.29, 0.717) is 42.6 Å². The number of anilines is 1. The highest BCUT2D eigenvalue weighted by Crippen LogP contribution is 2.39. The van der Waals surface area contributed by atoms with Crippen molar-refractivity contribution in [3.63, 3.8) is 0 Å². The third-order valence-electron chi connectivity index (χ3n) is 3.20. The van der Waals surface area contributed by atoms with Crippen LogP contribution in [-0.4, -0.2) is 25.7 Å². The van der Waals surface area contributed by atoms with E-state index in [4.69, 9.17) is 14.2 Å². The molecule has 0 radical (unpaired) electrons. The Labute approximate surface area is 142 Å². The summed E-state index contributed by atoms with van der Waals surface area (Å²) in [5, 5.41) is 2.86. The number of para-hydroxylation sites is 1. The summed E-state index contributed by atoms with van der Waals surface area (Å²) in [6.45, 7) is 7.07. The normalized spacial score (nSPS) is 10.1. The Morgan fingerprint density at radius 2 is 1.42 bits per heavy atom. The van der Waals surface area contributed by atoms with E-state index in [9.17, 15) is 4.79 Å². The Balaban J connectivity index is 2.36. The van der Waals surface area contributed by atoms with Crippen molar-refractivity contribution in [3.8, 4) is 17.2 Å². The van der Waals surface area contributed by atoms with E-state index >= 15 is 0 Å². The Hall–Kier alpha value is -2.69. The maximum atomic E-state index is 12.5. The van der Waals surface area contributed by atoms with Gasteiger partial charge in [0.2, 0.25) is 5.75 Å². The second-order valence-electron chi connectivity index (χ2n) is 4.92. The number of rotatable bonds is 8. The van der Waals surface area contributed by atoms with Crippen LogP contribution in [0.3, 0.4) is 0 Å². The van der Waals surface area contributed by atoms with Crippen LogP contribution in [0.15, 0.2) is 42.5 Å². The Morgan fingerprint density at radius 1 is 0.875 bits per heavy atom. The van der Waals surface area contributed by atoms with Gasteiger partial charge < -0.3 is 19.5 Å². The van der Waals surface area contributed by atoms with Gasteiger partial charge in [0.05, 0.1) is 19.8 Å². The van der Waals surface area contributed by atoms with E-state index in [-0.39, 0.29) is 5.91 Å². The van der Waals surface area contributed by atoms with Gasteiger partial charge in [-0.2, -0.15) is 0 Å². The van der Waals surface area contributed by atoms with Crippen LogP contribution in [0.5, 0.6) is 17.2 Å². The number of carbonyl (C=O) groups is 1. The van der Waals surface area contributed by atoms with Crippen molar-refractivity contribution in [2.24, 2.45) is 0 Å². The first kappa shape index (κ1) is 17.7. The van der Waals surface area contributed by atoms with Gasteiger partial charge >= 0.3 is 0 Å². The van der Waals surface area contributed by atoms with Gasteiger partial charge in [0, 0.05) is 11.3 Å².